The quantitative estimate of drug-likeness (QED) is 0.658. The van der Waals surface area contributed by atoms with Crippen molar-refractivity contribution >= 4 is 23.0 Å². The largest absolute Gasteiger partial charge is 0.376 e. The van der Waals surface area contributed by atoms with Crippen LogP contribution in [0.5, 0.6) is 0 Å². The molecule has 1 unspecified atom stereocenters. The number of aromatic amines is 1. The summed E-state index contributed by atoms with van der Waals surface area (Å²) in [5.74, 6) is 0. The molecule has 0 aliphatic heterocycles. The van der Waals surface area contributed by atoms with Crippen molar-refractivity contribution in [1.29, 1.82) is 0 Å². The molecular formula is C11H11ClN4O2. The molecule has 0 aliphatic rings. The number of anilines is 1. The van der Waals surface area contributed by atoms with Gasteiger partial charge in [0.15, 0.2) is 0 Å². The van der Waals surface area contributed by atoms with Gasteiger partial charge in [-0.05, 0) is 19.1 Å². The average Bonchev–Trinajstić information content (AvgIpc) is 2.85. The van der Waals surface area contributed by atoms with Crippen LogP contribution in [0.25, 0.3) is 0 Å². The van der Waals surface area contributed by atoms with Crippen molar-refractivity contribution in [2.45, 2.75) is 13.0 Å². The Hall–Kier alpha value is -2.08. The Kier molecular flexibility index (Phi) is 3.47. The van der Waals surface area contributed by atoms with Crippen molar-refractivity contribution in [3.05, 3.63) is 51.3 Å². The number of nitro groups is 1. The fourth-order valence-corrected chi connectivity index (χ4v) is 1.73. The fourth-order valence-electron chi connectivity index (χ4n) is 1.56. The second kappa shape index (κ2) is 5.05. The van der Waals surface area contributed by atoms with Gasteiger partial charge >= 0.3 is 0 Å². The van der Waals surface area contributed by atoms with Gasteiger partial charge in [0.2, 0.25) is 0 Å². The van der Waals surface area contributed by atoms with Crippen molar-refractivity contribution in [2.24, 2.45) is 0 Å². The van der Waals surface area contributed by atoms with Gasteiger partial charge in [-0.2, -0.15) is 5.10 Å². The van der Waals surface area contributed by atoms with Gasteiger partial charge in [-0.15, -0.1) is 0 Å². The minimum absolute atomic E-state index is 0.00119. The summed E-state index contributed by atoms with van der Waals surface area (Å²) in [4.78, 5) is 10.2. The Morgan fingerprint density at radius 3 is 2.89 bits per heavy atom. The van der Waals surface area contributed by atoms with E-state index in [4.69, 9.17) is 11.6 Å². The Balaban J connectivity index is 2.23. The first-order valence-electron chi connectivity index (χ1n) is 5.27. The molecule has 6 nitrogen and oxygen atoms in total. The lowest BCUT2D eigenvalue weighted by atomic mass is 10.2. The zero-order valence-corrected chi connectivity index (χ0v) is 10.3. The van der Waals surface area contributed by atoms with Crippen molar-refractivity contribution in [3.63, 3.8) is 0 Å². The maximum absolute atomic E-state index is 10.7. The van der Waals surface area contributed by atoms with E-state index in [2.05, 4.69) is 15.5 Å². The first-order chi connectivity index (χ1) is 8.58. The maximum atomic E-state index is 10.7. The summed E-state index contributed by atoms with van der Waals surface area (Å²) in [5.41, 5.74) is 1.39. The van der Waals surface area contributed by atoms with Crippen LogP contribution in [0.2, 0.25) is 5.02 Å². The number of halogens is 1. The van der Waals surface area contributed by atoms with Crippen molar-refractivity contribution in [1.82, 2.24) is 10.2 Å². The molecular weight excluding hydrogens is 256 g/mol. The Morgan fingerprint density at radius 2 is 2.28 bits per heavy atom. The van der Waals surface area contributed by atoms with Gasteiger partial charge in [0.25, 0.3) is 5.69 Å². The highest BCUT2D eigenvalue weighted by molar-refractivity contribution is 6.33. The molecule has 0 amide bonds. The summed E-state index contributed by atoms with van der Waals surface area (Å²) in [5, 5.41) is 20.9. The summed E-state index contributed by atoms with van der Waals surface area (Å²) < 4.78 is 0. The minimum atomic E-state index is -0.456. The van der Waals surface area contributed by atoms with E-state index in [9.17, 15) is 10.1 Å². The molecule has 2 N–H and O–H groups in total. The molecule has 2 rings (SSSR count). The van der Waals surface area contributed by atoms with E-state index in [1.165, 1.54) is 18.2 Å². The number of nitro benzene ring substituents is 1. The van der Waals surface area contributed by atoms with E-state index in [0.29, 0.717) is 10.7 Å². The second-order valence-electron chi connectivity index (χ2n) is 3.80. The number of nitrogens with zero attached hydrogens (tertiary/aromatic N) is 2. The Bertz CT molecular complexity index is 556. The maximum Gasteiger partial charge on any atom is 0.271 e. The predicted molar refractivity (Wildman–Crippen MR) is 68.7 cm³/mol. The number of rotatable bonds is 4. The first-order valence-corrected chi connectivity index (χ1v) is 5.65. The van der Waals surface area contributed by atoms with Gasteiger partial charge in [-0.3, -0.25) is 15.2 Å². The molecule has 18 heavy (non-hydrogen) atoms. The van der Waals surface area contributed by atoms with E-state index < -0.39 is 4.92 Å². The van der Waals surface area contributed by atoms with E-state index in [0.717, 1.165) is 5.69 Å². The van der Waals surface area contributed by atoms with E-state index in [1.807, 2.05) is 13.0 Å². The second-order valence-corrected chi connectivity index (χ2v) is 4.21. The standard InChI is InChI=1S/C11H11ClN4O2/c1-7(10-4-5-13-15-10)14-11-6-8(16(17)18)2-3-9(11)12/h2-7,14H,1H3,(H,13,15). The molecule has 0 fully saturated rings. The summed E-state index contributed by atoms with van der Waals surface area (Å²) in [6.07, 6.45) is 1.64. The third-order valence-corrected chi connectivity index (χ3v) is 2.85. The zero-order valence-electron chi connectivity index (χ0n) is 9.55. The summed E-state index contributed by atoms with van der Waals surface area (Å²) >= 11 is 6.00. The van der Waals surface area contributed by atoms with Crippen LogP contribution in [0.15, 0.2) is 30.5 Å². The molecule has 0 aliphatic carbocycles. The van der Waals surface area contributed by atoms with Crippen LogP contribution in [0.3, 0.4) is 0 Å². The number of hydrogen-bond acceptors (Lipinski definition) is 4. The molecule has 94 valence electrons. The first kappa shape index (κ1) is 12.4. The van der Waals surface area contributed by atoms with Crippen LogP contribution < -0.4 is 5.32 Å². The monoisotopic (exact) mass is 266 g/mol. The highest BCUT2D eigenvalue weighted by Gasteiger charge is 2.13. The topological polar surface area (TPSA) is 83.8 Å². The highest BCUT2D eigenvalue weighted by atomic mass is 35.5. The van der Waals surface area contributed by atoms with Crippen LogP contribution in [0.4, 0.5) is 11.4 Å². The molecule has 1 heterocycles. The van der Waals surface area contributed by atoms with Crippen molar-refractivity contribution in [3.8, 4) is 0 Å². The summed E-state index contributed by atoms with van der Waals surface area (Å²) in [6, 6.07) is 6.03. The van der Waals surface area contributed by atoms with Gasteiger partial charge in [0, 0.05) is 18.3 Å². The molecule has 7 heteroatoms. The van der Waals surface area contributed by atoms with Gasteiger partial charge in [-0.25, -0.2) is 0 Å². The summed E-state index contributed by atoms with van der Waals surface area (Å²) in [6.45, 7) is 1.91. The van der Waals surface area contributed by atoms with Gasteiger partial charge in [0.05, 0.1) is 27.4 Å². The van der Waals surface area contributed by atoms with Crippen LogP contribution in [0, 0.1) is 10.1 Å². The third kappa shape index (κ3) is 2.60. The average molecular weight is 267 g/mol. The number of H-pyrrole nitrogens is 1. The van der Waals surface area contributed by atoms with Gasteiger partial charge in [-0.1, -0.05) is 11.6 Å². The van der Waals surface area contributed by atoms with E-state index in [-0.39, 0.29) is 11.7 Å². The lowest BCUT2D eigenvalue weighted by molar-refractivity contribution is -0.384. The number of non-ortho nitro benzene ring substituents is 1. The molecule has 0 radical (unpaired) electrons. The van der Waals surface area contributed by atoms with Crippen LogP contribution in [0.1, 0.15) is 18.7 Å². The van der Waals surface area contributed by atoms with Gasteiger partial charge in [0.1, 0.15) is 0 Å². The third-order valence-electron chi connectivity index (χ3n) is 2.52. The molecule has 0 spiro atoms. The number of hydrogen-bond donors (Lipinski definition) is 2. The lowest BCUT2D eigenvalue weighted by Crippen LogP contribution is -2.07. The molecule has 2 aromatic rings. The van der Waals surface area contributed by atoms with Crippen molar-refractivity contribution in [2.75, 3.05) is 5.32 Å². The van der Waals surface area contributed by atoms with Gasteiger partial charge < -0.3 is 5.32 Å². The van der Waals surface area contributed by atoms with Crippen LogP contribution in [-0.4, -0.2) is 15.1 Å². The minimum Gasteiger partial charge on any atom is -0.376 e. The molecule has 0 saturated carbocycles. The van der Waals surface area contributed by atoms with Crippen molar-refractivity contribution < 1.29 is 4.92 Å². The zero-order chi connectivity index (χ0) is 13.1. The van der Waals surface area contributed by atoms with Crippen LogP contribution >= 0.6 is 11.6 Å². The molecule has 1 aromatic heterocycles. The summed E-state index contributed by atoms with van der Waals surface area (Å²) in [7, 11) is 0. The molecule has 1 atom stereocenters. The number of nitrogens with one attached hydrogen (secondary N) is 2. The smallest absolute Gasteiger partial charge is 0.271 e. The fraction of sp³-hybridized carbons (Fsp3) is 0.182. The number of benzene rings is 1. The SMILES string of the molecule is CC(Nc1cc([N+](=O)[O-])ccc1Cl)c1ccn[nH]1. The van der Waals surface area contributed by atoms with Crippen LogP contribution in [-0.2, 0) is 0 Å². The normalized spacial score (nSPS) is 12.1. The Morgan fingerprint density at radius 1 is 1.50 bits per heavy atom. The lowest BCUT2D eigenvalue weighted by Gasteiger charge is -2.14. The van der Waals surface area contributed by atoms with E-state index >= 15 is 0 Å². The Labute approximate surface area is 108 Å². The predicted octanol–water partition coefficient (Wildman–Crippen LogP) is 3.14. The highest BCUT2D eigenvalue weighted by Crippen LogP contribution is 2.29. The molecule has 1 aromatic carbocycles. The van der Waals surface area contributed by atoms with E-state index in [1.54, 1.807) is 6.20 Å². The molecule has 0 saturated heterocycles. The molecule has 0 bridgehead atoms. The number of aromatic nitrogens is 2.